The third kappa shape index (κ3) is 2.30. The second-order valence-corrected chi connectivity index (χ2v) is 2.56. The van der Waals surface area contributed by atoms with E-state index in [1.54, 1.807) is 0 Å². The van der Waals surface area contributed by atoms with Gasteiger partial charge in [0.05, 0.1) is 5.56 Å². The van der Waals surface area contributed by atoms with Crippen LogP contribution in [-0.2, 0) is 12.1 Å². The monoisotopic (exact) mass is 213 g/mol. The van der Waals surface area contributed by atoms with E-state index in [0.29, 0.717) is 12.3 Å². The van der Waals surface area contributed by atoms with Crippen molar-refractivity contribution in [3.63, 3.8) is 0 Å². The molecule has 0 spiro atoms. The van der Waals surface area contributed by atoms with E-state index in [2.05, 4.69) is 4.98 Å². The fourth-order valence-electron chi connectivity index (χ4n) is 0.834. The van der Waals surface area contributed by atoms with Gasteiger partial charge in [-0.25, -0.2) is 4.98 Å². The molecule has 0 aliphatic heterocycles. The van der Waals surface area contributed by atoms with Crippen LogP contribution in [0.5, 0.6) is 0 Å². The van der Waals surface area contributed by atoms with Gasteiger partial charge in [0.15, 0.2) is 0 Å². The summed E-state index contributed by atoms with van der Waals surface area (Å²) in [5.74, 6) is -1.36. The molecule has 13 heavy (non-hydrogen) atoms. The van der Waals surface area contributed by atoms with E-state index in [1.165, 1.54) is 0 Å². The number of hydrogen-bond acceptors (Lipinski definition) is 1. The molecule has 0 amide bonds. The van der Waals surface area contributed by atoms with Crippen molar-refractivity contribution in [1.82, 2.24) is 4.98 Å². The van der Waals surface area contributed by atoms with Gasteiger partial charge in [0, 0.05) is 12.1 Å². The molecule has 0 aromatic carbocycles. The highest BCUT2D eigenvalue weighted by Gasteiger charge is 2.33. The second kappa shape index (κ2) is 3.49. The summed E-state index contributed by atoms with van der Waals surface area (Å²) in [7, 11) is 0. The van der Waals surface area contributed by atoms with Crippen molar-refractivity contribution in [1.29, 1.82) is 0 Å². The van der Waals surface area contributed by atoms with E-state index in [1.807, 2.05) is 0 Å². The predicted molar refractivity (Wildman–Crippen MR) is 38.8 cm³/mol. The van der Waals surface area contributed by atoms with E-state index in [9.17, 15) is 17.6 Å². The molecule has 0 bridgehead atoms. The summed E-state index contributed by atoms with van der Waals surface area (Å²) in [4.78, 5) is 2.91. The molecule has 1 rings (SSSR count). The summed E-state index contributed by atoms with van der Waals surface area (Å²) in [5.41, 5.74) is -1.30. The Labute approximate surface area is 76.3 Å². The number of pyridine rings is 1. The quantitative estimate of drug-likeness (QED) is 0.397. The van der Waals surface area contributed by atoms with E-state index >= 15 is 0 Å². The van der Waals surface area contributed by atoms with Crippen LogP contribution in [0.1, 0.15) is 11.1 Å². The largest absolute Gasteiger partial charge is 0.418 e. The Hall–Kier alpha value is -0.840. The lowest BCUT2D eigenvalue weighted by Gasteiger charge is -2.09. The van der Waals surface area contributed by atoms with Crippen LogP contribution in [0.2, 0.25) is 0 Å². The second-order valence-electron chi connectivity index (χ2n) is 2.30. The molecule has 1 nitrogen and oxygen atoms in total. The molecule has 0 aliphatic carbocycles. The van der Waals surface area contributed by atoms with Gasteiger partial charge in [0.2, 0.25) is 5.95 Å². The number of alkyl halides is 4. The summed E-state index contributed by atoms with van der Waals surface area (Å²) in [6.07, 6.45) is -4.10. The molecule has 72 valence electrons. The van der Waals surface area contributed by atoms with Crippen molar-refractivity contribution in [2.24, 2.45) is 0 Å². The number of hydrogen-bond donors (Lipinski definition) is 0. The van der Waals surface area contributed by atoms with Crippen LogP contribution in [0.4, 0.5) is 17.6 Å². The molecule has 0 saturated carbocycles. The molecule has 0 fully saturated rings. The van der Waals surface area contributed by atoms with E-state index in [-0.39, 0.29) is 5.56 Å². The molecule has 0 aliphatic rings. The maximum atomic E-state index is 12.4. The van der Waals surface area contributed by atoms with Crippen molar-refractivity contribution in [3.8, 4) is 0 Å². The van der Waals surface area contributed by atoms with Crippen molar-refractivity contribution in [2.75, 3.05) is 0 Å². The number of nitrogens with zero attached hydrogens (tertiary/aromatic N) is 1. The summed E-state index contributed by atoms with van der Waals surface area (Å²) in [5, 5.41) is 0. The molecule has 0 unspecified atom stereocenters. The Bertz CT molecular complexity index is 310. The summed E-state index contributed by atoms with van der Waals surface area (Å²) < 4.78 is 48.8. The Morgan fingerprint density at radius 3 is 2.46 bits per heavy atom. The Kier molecular flexibility index (Phi) is 2.75. The van der Waals surface area contributed by atoms with E-state index in [4.69, 9.17) is 11.6 Å². The first-order valence-corrected chi connectivity index (χ1v) is 3.76. The van der Waals surface area contributed by atoms with Crippen LogP contribution in [0, 0.1) is 5.95 Å². The SMILES string of the molecule is Fc1cc(CCl)c(C(F)(F)F)cn1. The van der Waals surface area contributed by atoms with Crippen LogP contribution in [0.3, 0.4) is 0 Å². The topological polar surface area (TPSA) is 12.9 Å². The lowest BCUT2D eigenvalue weighted by Crippen LogP contribution is -2.09. The maximum absolute atomic E-state index is 12.4. The van der Waals surface area contributed by atoms with Gasteiger partial charge in [0.25, 0.3) is 0 Å². The minimum absolute atomic E-state index is 0.304. The lowest BCUT2D eigenvalue weighted by molar-refractivity contribution is -0.138. The first-order valence-electron chi connectivity index (χ1n) is 3.22. The summed E-state index contributed by atoms with van der Waals surface area (Å²) in [6.45, 7) is 0. The highest BCUT2D eigenvalue weighted by atomic mass is 35.5. The standard InChI is InChI=1S/C7H4ClF4N/c8-2-4-1-6(9)13-3-5(4)7(10,11)12/h1,3H,2H2. The van der Waals surface area contributed by atoms with Crippen LogP contribution in [-0.4, -0.2) is 4.98 Å². The Morgan fingerprint density at radius 1 is 1.38 bits per heavy atom. The van der Waals surface area contributed by atoms with Gasteiger partial charge in [-0.2, -0.15) is 17.6 Å². The molecule has 1 aromatic rings. The zero-order chi connectivity index (χ0) is 10.1. The summed E-state index contributed by atoms with van der Waals surface area (Å²) >= 11 is 5.22. The Morgan fingerprint density at radius 2 is 2.00 bits per heavy atom. The minimum atomic E-state index is -4.54. The smallest absolute Gasteiger partial charge is 0.228 e. The fraction of sp³-hybridized carbons (Fsp3) is 0.286. The Balaban J connectivity index is 3.22. The van der Waals surface area contributed by atoms with E-state index in [0.717, 1.165) is 0 Å². The molecule has 6 heteroatoms. The van der Waals surface area contributed by atoms with Crippen LogP contribution in [0.15, 0.2) is 12.3 Å². The predicted octanol–water partition coefficient (Wildman–Crippen LogP) is 2.98. The van der Waals surface area contributed by atoms with Gasteiger partial charge in [0.1, 0.15) is 0 Å². The number of aromatic nitrogens is 1. The minimum Gasteiger partial charge on any atom is -0.228 e. The normalized spacial score (nSPS) is 11.8. The zero-order valence-electron chi connectivity index (χ0n) is 6.20. The molecular weight excluding hydrogens is 210 g/mol. The molecular formula is C7H4ClF4N. The number of halogens is 5. The average Bonchev–Trinajstić information content (AvgIpc) is 2.01. The molecule has 0 atom stereocenters. The van der Waals surface area contributed by atoms with Gasteiger partial charge in [-0.3, -0.25) is 0 Å². The first-order chi connectivity index (χ1) is 5.95. The van der Waals surface area contributed by atoms with Crippen LogP contribution >= 0.6 is 11.6 Å². The van der Waals surface area contributed by atoms with Crippen molar-refractivity contribution >= 4 is 11.6 Å². The van der Waals surface area contributed by atoms with E-state index < -0.39 is 23.6 Å². The average molecular weight is 214 g/mol. The maximum Gasteiger partial charge on any atom is 0.418 e. The highest BCUT2D eigenvalue weighted by molar-refractivity contribution is 6.17. The third-order valence-electron chi connectivity index (χ3n) is 1.41. The van der Waals surface area contributed by atoms with Gasteiger partial charge in [-0.15, -0.1) is 11.6 Å². The van der Waals surface area contributed by atoms with Crippen molar-refractivity contribution < 1.29 is 17.6 Å². The highest BCUT2D eigenvalue weighted by Crippen LogP contribution is 2.32. The lowest BCUT2D eigenvalue weighted by atomic mass is 10.1. The van der Waals surface area contributed by atoms with Crippen molar-refractivity contribution in [3.05, 3.63) is 29.3 Å². The number of rotatable bonds is 1. The summed E-state index contributed by atoms with van der Waals surface area (Å²) in [6, 6.07) is 0.676. The fourth-order valence-corrected chi connectivity index (χ4v) is 1.05. The van der Waals surface area contributed by atoms with Gasteiger partial charge in [-0.05, 0) is 11.6 Å². The first kappa shape index (κ1) is 10.2. The van der Waals surface area contributed by atoms with Crippen LogP contribution < -0.4 is 0 Å². The van der Waals surface area contributed by atoms with Crippen molar-refractivity contribution in [2.45, 2.75) is 12.1 Å². The molecule has 1 heterocycles. The zero-order valence-corrected chi connectivity index (χ0v) is 6.95. The molecule has 0 saturated heterocycles. The molecule has 1 aromatic heterocycles. The third-order valence-corrected chi connectivity index (χ3v) is 1.69. The van der Waals surface area contributed by atoms with Crippen LogP contribution in [0.25, 0.3) is 0 Å². The molecule has 0 N–H and O–H groups in total. The van der Waals surface area contributed by atoms with Gasteiger partial charge < -0.3 is 0 Å². The van der Waals surface area contributed by atoms with Gasteiger partial charge in [-0.1, -0.05) is 0 Å². The molecule has 0 radical (unpaired) electrons. The van der Waals surface area contributed by atoms with Gasteiger partial charge >= 0.3 is 6.18 Å².